The third-order valence-corrected chi connectivity index (χ3v) is 4.54. The van der Waals surface area contributed by atoms with Gasteiger partial charge in [-0.25, -0.2) is 4.79 Å². The molecule has 2 aromatic rings. The van der Waals surface area contributed by atoms with Crippen molar-refractivity contribution in [3.8, 4) is 22.6 Å². The summed E-state index contributed by atoms with van der Waals surface area (Å²) in [6.45, 7) is 1.96. The summed E-state index contributed by atoms with van der Waals surface area (Å²) in [5.74, 6) is 0.355. The van der Waals surface area contributed by atoms with Gasteiger partial charge in [0, 0.05) is 10.9 Å². The van der Waals surface area contributed by atoms with Crippen LogP contribution in [-0.4, -0.2) is 38.5 Å². The van der Waals surface area contributed by atoms with E-state index in [1.807, 2.05) is 6.07 Å². The van der Waals surface area contributed by atoms with Crippen molar-refractivity contribution in [3.05, 3.63) is 29.1 Å². The highest BCUT2D eigenvalue weighted by Gasteiger charge is 2.23. The first-order chi connectivity index (χ1) is 12.0. The normalized spacial score (nSPS) is 10.2. The number of amides is 1. The van der Waals surface area contributed by atoms with Gasteiger partial charge in [-0.1, -0.05) is 6.07 Å². The van der Waals surface area contributed by atoms with E-state index in [0.717, 1.165) is 5.56 Å². The summed E-state index contributed by atoms with van der Waals surface area (Å²) in [6, 6.07) is 5.34. The van der Waals surface area contributed by atoms with Crippen LogP contribution in [0.1, 0.15) is 17.3 Å². The molecule has 0 aliphatic carbocycles. The highest BCUT2D eigenvalue weighted by atomic mass is 32.1. The molecule has 8 heteroatoms. The van der Waals surface area contributed by atoms with E-state index < -0.39 is 5.97 Å². The van der Waals surface area contributed by atoms with E-state index in [2.05, 4.69) is 17.9 Å². The van der Waals surface area contributed by atoms with E-state index in [4.69, 9.17) is 14.2 Å². The summed E-state index contributed by atoms with van der Waals surface area (Å²) in [4.78, 5) is 24.1. The summed E-state index contributed by atoms with van der Waals surface area (Å²) in [7, 11) is 3.09. The standard InChI is InChI=1S/C17H19NO5S2/c1-4-23-17(20)15-11(9-25-16(15)18-14(19)8-24)10-5-6-12(21-2)13(7-10)22-3/h5-7,9,24H,4,8H2,1-3H3,(H,18,19). The Hall–Kier alpha value is -2.19. The minimum Gasteiger partial charge on any atom is -0.493 e. The van der Waals surface area contributed by atoms with Gasteiger partial charge >= 0.3 is 5.97 Å². The molecule has 0 unspecified atom stereocenters. The van der Waals surface area contributed by atoms with E-state index in [0.29, 0.717) is 27.6 Å². The number of carbonyl (C=O) groups excluding carboxylic acids is 2. The van der Waals surface area contributed by atoms with Crippen LogP contribution in [0.4, 0.5) is 5.00 Å². The van der Waals surface area contributed by atoms with Gasteiger partial charge in [-0.2, -0.15) is 12.6 Å². The average molecular weight is 381 g/mol. The number of hydrogen-bond acceptors (Lipinski definition) is 7. The quantitative estimate of drug-likeness (QED) is 0.567. The molecule has 2 rings (SSSR count). The summed E-state index contributed by atoms with van der Waals surface area (Å²) in [6.07, 6.45) is 0. The topological polar surface area (TPSA) is 73.9 Å². The fourth-order valence-corrected chi connectivity index (χ4v) is 3.29. The van der Waals surface area contributed by atoms with Crippen molar-refractivity contribution in [2.75, 3.05) is 31.9 Å². The van der Waals surface area contributed by atoms with Crippen molar-refractivity contribution in [2.24, 2.45) is 0 Å². The molecule has 0 fully saturated rings. The molecule has 0 saturated heterocycles. The molecule has 0 radical (unpaired) electrons. The van der Waals surface area contributed by atoms with E-state index in [1.54, 1.807) is 38.7 Å². The summed E-state index contributed by atoms with van der Waals surface area (Å²) in [5, 5.41) is 4.91. The van der Waals surface area contributed by atoms with Crippen LogP contribution in [0.3, 0.4) is 0 Å². The van der Waals surface area contributed by atoms with Gasteiger partial charge in [0.2, 0.25) is 5.91 Å². The number of carbonyl (C=O) groups is 2. The first kappa shape index (κ1) is 19.1. The maximum atomic E-state index is 12.4. The molecule has 1 amide bonds. The van der Waals surface area contributed by atoms with E-state index in [-0.39, 0.29) is 18.3 Å². The third kappa shape index (κ3) is 4.26. The zero-order valence-corrected chi connectivity index (χ0v) is 15.8. The molecular weight excluding hydrogens is 362 g/mol. The van der Waals surface area contributed by atoms with Crippen molar-refractivity contribution in [3.63, 3.8) is 0 Å². The number of esters is 1. The number of anilines is 1. The average Bonchev–Trinajstić information content (AvgIpc) is 3.04. The third-order valence-electron chi connectivity index (χ3n) is 3.36. The Balaban J connectivity index is 2.53. The Morgan fingerprint density at radius 2 is 1.92 bits per heavy atom. The second-order valence-electron chi connectivity index (χ2n) is 4.85. The number of benzene rings is 1. The Morgan fingerprint density at radius 3 is 2.52 bits per heavy atom. The number of thiophene rings is 1. The molecular formula is C17H19NO5S2. The summed E-state index contributed by atoms with van der Waals surface area (Å²) in [5.41, 5.74) is 1.72. The van der Waals surface area contributed by atoms with Gasteiger partial charge in [0.25, 0.3) is 0 Å². The molecule has 1 aromatic carbocycles. The lowest BCUT2D eigenvalue weighted by Gasteiger charge is -2.11. The molecule has 1 N–H and O–H groups in total. The van der Waals surface area contributed by atoms with Crippen molar-refractivity contribution in [1.82, 2.24) is 0 Å². The molecule has 1 aromatic heterocycles. The predicted molar refractivity (Wildman–Crippen MR) is 101 cm³/mol. The predicted octanol–water partition coefficient (Wildman–Crippen LogP) is 3.48. The maximum absolute atomic E-state index is 12.4. The van der Waals surface area contributed by atoms with Crippen molar-refractivity contribution < 1.29 is 23.8 Å². The van der Waals surface area contributed by atoms with Gasteiger partial charge in [0.1, 0.15) is 10.6 Å². The van der Waals surface area contributed by atoms with Crippen LogP contribution >= 0.6 is 24.0 Å². The van der Waals surface area contributed by atoms with Gasteiger partial charge in [0.15, 0.2) is 11.5 Å². The SMILES string of the molecule is CCOC(=O)c1c(-c2ccc(OC)c(OC)c2)csc1NC(=O)CS. The molecule has 0 aliphatic heterocycles. The van der Waals surface area contributed by atoms with Crippen molar-refractivity contribution >= 4 is 40.8 Å². The Kier molecular flexibility index (Phi) is 6.72. The number of hydrogen-bond donors (Lipinski definition) is 2. The van der Waals surface area contributed by atoms with Crippen LogP contribution in [0.25, 0.3) is 11.1 Å². The molecule has 0 aliphatic rings. The van der Waals surface area contributed by atoms with E-state index in [1.165, 1.54) is 11.3 Å². The van der Waals surface area contributed by atoms with Crippen molar-refractivity contribution in [1.29, 1.82) is 0 Å². The molecule has 6 nitrogen and oxygen atoms in total. The lowest BCUT2D eigenvalue weighted by atomic mass is 10.0. The van der Waals surface area contributed by atoms with Crippen LogP contribution in [0.2, 0.25) is 0 Å². The molecule has 0 saturated carbocycles. The van der Waals surface area contributed by atoms with Gasteiger partial charge in [0.05, 0.1) is 26.6 Å². The van der Waals surface area contributed by atoms with E-state index in [9.17, 15) is 9.59 Å². The molecule has 134 valence electrons. The maximum Gasteiger partial charge on any atom is 0.341 e. The zero-order valence-electron chi connectivity index (χ0n) is 14.1. The Morgan fingerprint density at radius 1 is 1.20 bits per heavy atom. The summed E-state index contributed by atoms with van der Waals surface area (Å²) < 4.78 is 15.7. The molecule has 0 bridgehead atoms. The largest absolute Gasteiger partial charge is 0.493 e. The monoisotopic (exact) mass is 381 g/mol. The van der Waals surface area contributed by atoms with Crippen LogP contribution in [0, 0.1) is 0 Å². The molecule has 1 heterocycles. The number of ether oxygens (including phenoxy) is 3. The van der Waals surface area contributed by atoms with Crippen molar-refractivity contribution in [2.45, 2.75) is 6.92 Å². The first-order valence-corrected chi connectivity index (χ1v) is 8.98. The Bertz CT molecular complexity index is 772. The van der Waals surface area contributed by atoms with Gasteiger partial charge in [-0.3, -0.25) is 4.79 Å². The number of methoxy groups -OCH3 is 2. The number of rotatable bonds is 7. The van der Waals surface area contributed by atoms with Crippen LogP contribution in [-0.2, 0) is 9.53 Å². The second kappa shape index (κ2) is 8.77. The Labute approximate surface area is 155 Å². The lowest BCUT2D eigenvalue weighted by molar-refractivity contribution is -0.113. The first-order valence-electron chi connectivity index (χ1n) is 7.47. The lowest BCUT2D eigenvalue weighted by Crippen LogP contribution is -2.15. The van der Waals surface area contributed by atoms with Gasteiger partial charge < -0.3 is 19.5 Å². The van der Waals surface area contributed by atoms with Crippen LogP contribution in [0.5, 0.6) is 11.5 Å². The highest BCUT2D eigenvalue weighted by Crippen LogP contribution is 2.39. The second-order valence-corrected chi connectivity index (χ2v) is 6.05. The number of thiol groups is 1. The zero-order chi connectivity index (χ0) is 18.4. The molecule has 0 atom stereocenters. The van der Waals surface area contributed by atoms with Gasteiger partial charge in [-0.05, 0) is 24.6 Å². The minimum absolute atomic E-state index is 0.0197. The van der Waals surface area contributed by atoms with E-state index >= 15 is 0 Å². The fourth-order valence-electron chi connectivity index (χ4n) is 2.24. The van der Waals surface area contributed by atoms with Crippen LogP contribution < -0.4 is 14.8 Å². The van der Waals surface area contributed by atoms with Gasteiger partial charge in [-0.15, -0.1) is 11.3 Å². The number of nitrogens with one attached hydrogen (secondary N) is 1. The molecule has 25 heavy (non-hydrogen) atoms. The highest BCUT2D eigenvalue weighted by molar-refractivity contribution is 7.81. The minimum atomic E-state index is -0.497. The fraction of sp³-hybridized carbons (Fsp3) is 0.294. The molecule has 0 spiro atoms. The smallest absolute Gasteiger partial charge is 0.341 e. The van der Waals surface area contributed by atoms with Crippen LogP contribution in [0.15, 0.2) is 23.6 Å². The summed E-state index contributed by atoms with van der Waals surface area (Å²) >= 11 is 5.20.